The van der Waals surface area contributed by atoms with Crippen molar-refractivity contribution >= 4 is 23.3 Å². The van der Waals surface area contributed by atoms with Gasteiger partial charge in [0, 0.05) is 30.1 Å². The molecule has 30 heavy (non-hydrogen) atoms. The number of nitrogens with zero attached hydrogens (tertiary/aromatic N) is 4. The van der Waals surface area contributed by atoms with Crippen LogP contribution in [0.2, 0.25) is 5.02 Å². The number of pyridine rings is 2. The molecule has 3 aromatic heterocycles. The third-order valence-electron chi connectivity index (χ3n) is 5.11. The number of benzene rings is 1. The van der Waals surface area contributed by atoms with E-state index in [1.807, 2.05) is 30.5 Å². The van der Waals surface area contributed by atoms with E-state index >= 15 is 0 Å². The van der Waals surface area contributed by atoms with Crippen molar-refractivity contribution < 1.29 is 4.79 Å². The Kier molecular flexibility index (Phi) is 4.65. The average molecular weight is 417 g/mol. The van der Waals surface area contributed by atoms with Crippen molar-refractivity contribution in [2.75, 3.05) is 11.9 Å². The zero-order valence-corrected chi connectivity index (χ0v) is 16.5. The minimum absolute atomic E-state index is 0.000212. The third kappa shape index (κ3) is 3.29. The lowest BCUT2D eigenvalue weighted by Gasteiger charge is -2.16. The third-order valence-corrected chi connectivity index (χ3v) is 5.39. The Balaban J connectivity index is 1.27. The Morgan fingerprint density at radius 1 is 1.10 bits per heavy atom. The number of amides is 2. The summed E-state index contributed by atoms with van der Waals surface area (Å²) in [7, 11) is 0. The number of hydrogen-bond acceptors (Lipinski definition) is 4. The molecule has 148 valence electrons. The van der Waals surface area contributed by atoms with Gasteiger partial charge in [0.2, 0.25) is 0 Å². The van der Waals surface area contributed by atoms with E-state index in [1.54, 1.807) is 31.0 Å². The molecule has 1 aromatic carbocycles. The number of carbonyl (C=O) groups excluding carboxylic acids is 1. The van der Waals surface area contributed by atoms with Crippen molar-refractivity contribution in [3.8, 4) is 22.5 Å². The highest BCUT2D eigenvalue weighted by molar-refractivity contribution is 6.33. The lowest BCUT2D eigenvalue weighted by Crippen LogP contribution is -2.33. The largest absolute Gasteiger partial charge is 0.335 e. The van der Waals surface area contributed by atoms with Crippen LogP contribution < -0.4 is 10.6 Å². The maximum Gasteiger partial charge on any atom is 0.319 e. The summed E-state index contributed by atoms with van der Waals surface area (Å²) in [5, 5.41) is 6.18. The molecule has 1 unspecified atom stereocenters. The van der Waals surface area contributed by atoms with Crippen molar-refractivity contribution in [1.82, 2.24) is 24.8 Å². The van der Waals surface area contributed by atoms with Gasteiger partial charge in [-0.25, -0.2) is 9.78 Å². The molecule has 5 rings (SSSR count). The fourth-order valence-electron chi connectivity index (χ4n) is 3.73. The van der Waals surface area contributed by atoms with Crippen LogP contribution in [0.15, 0.2) is 73.6 Å². The SMILES string of the molecule is O=C(NCC1c2ccccc2-c2cncn21)Nc1cnc(-c2ccncc2)c(Cl)c1. The van der Waals surface area contributed by atoms with E-state index in [2.05, 4.69) is 42.3 Å². The van der Waals surface area contributed by atoms with E-state index in [0.717, 1.165) is 16.8 Å². The van der Waals surface area contributed by atoms with Gasteiger partial charge in [-0.2, -0.15) is 0 Å². The number of urea groups is 1. The van der Waals surface area contributed by atoms with Gasteiger partial charge in [0.15, 0.2) is 0 Å². The smallest absolute Gasteiger partial charge is 0.319 e. The first-order valence-corrected chi connectivity index (χ1v) is 9.80. The molecule has 0 radical (unpaired) electrons. The normalized spacial score (nSPS) is 14.1. The van der Waals surface area contributed by atoms with Gasteiger partial charge in [0.25, 0.3) is 0 Å². The van der Waals surface area contributed by atoms with E-state index in [1.165, 1.54) is 5.56 Å². The van der Waals surface area contributed by atoms with Crippen LogP contribution in [-0.4, -0.2) is 32.1 Å². The van der Waals surface area contributed by atoms with Gasteiger partial charge < -0.3 is 15.2 Å². The highest BCUT2D eigenvalue weighted by Gasteiger charge is 2.28. The fraction of sp³-hybridized carbons (Fsp3) is 0.0909. The summed E-state index contributed by atoms with van der Waals surface area (Å²) in [6.45, 7) is 0.433. The molecule has 0 saturated heterocycles. The zero-order valence-electron chi connectivity index (χ0n) is 15.8. The predicted octanol–water partition coefficient (Wildman–Crippen LogP) is 4.39. The Hall–Kier alpha value is -3.71. The molecule has 0 saturated carbocycles. The van der Waals surface area contributed by atoms with Gasteiger partial charge in [-0.3, -0.25) is 9.97 Å². The first kappa shape index (κ1) is 18.3. The summed E-state index contributed by atoms with van der Waals surface area (Å²) >= 11 is 6.36. The predicted molar refractivity (Wildman–Crippen MR) is 115 cm³/mol. The zero-order chi connectivity index (χ0) is 20.5. The summed E-state index contributed by atoms with van der Waals surface area (Å²) < 4.78 is 2.08. The fourth-order valence-corrected chi connectivity index (χ4v) is 4.01. The maximum absolute atomic E-state index is 12.5. The van der Waals surface area contributed by atoms with Gasteiger partial charge in [-0.1, -0.05) is 35.9 Å². The van der Waals surface area contributed by atoms with Crippen molar-refractivity contribution in [2.24, 2.45) is 0 Å². The second kappa shape index (κ2) is 7.61. The number of halogens is 1. The number of anilines is 1. The molecule has 0 bridgehead atoms. The van der Waals surface area contributed by atoms with Crippen LogP contribution in [0.5, 0.6) is 0 Å². The molecule has 0 spiro atoms. The van der Waals surface area contributed by atoms with Crippen molar-refractivity contribution in [3.05, 3.63) is 84.2 Å². The second-order valence-corrected chi connectivity index (χ2v) is 7.32. The molecular formula is C22H17ClN6O. The lowest BCUT2D eigenvalue weighted by molar-refractivity contribution is 0.251. The van der Waals surface area contributed by atoms with E-state index in [0.29, 0.717) is 22.9 Å². The molecular weight excluding hydrogens is 400 g/mol. The van der Waals surface area contributed by atoms with Crippen LogP contribution in [0, 0.1) is 0 Å². The van der Waals surface area contributed by atoms with Gasteiger partial charge >= 0.3 is 6.03 Å². The van der Waals surface area contributed by atoms with E-state index in [9.17, 15) is 4.79 Å². The van der Waals surface area contributed by atoms with E-state index < -0.39 is 0 Å². The van der Waals surface area contributed by atoms with Crippen LogP contribution in [0.1, 0.15) is 11.6 Å². The van der Waals surface area contributed by atoms with Gasteiger partial charge in [0.05, 0.1) is 46.9 Å². The number of carbonyl (C=O) groups is 1. The van der Waals surface area contributed by atoms with Crippen molar-refractivity contribution in [2.45, 2.75) is 6.04 Å². The summed E-state index contributed by atoms with van der Waals surface area (Å²) in [4.78, 5) is 25.1. The molecule has 1 aliphatic heterocycles. The van der Waals surface area contributed by atoms with E-state index in [4.69, 9.17) is 11.6 Å². The number of aromatic nitrogens is 4. The first-order chi connectivity index (χ1) is 14.7. The summed E-state index contributed by atoms with van der Waals surface area (Å²) in [6, 6.07) is 13.2. The summed E-state index contributed by atoms with van der Waals surface area (Å²) in [5.74, 6) is 0. The lowest BCUT2D eigenvalue weighted by atomic mass is 10.0. The molecule has 2 N–H and O–H groups in total. The highest BCUT2D eigenvalue weighted by atomic mass is 35.5. The number of nitrogens with one attached hydrogen (secondary N) is 2. The molecule has 7 nitrogen and oxygen atoms in total. The van der Waals surface area contributed by atoms with Crippen LogP contribution in [0.4, 0.5) is 10.5 Å². The summed E-state index contributed by atoms with van der Waals surface area (Å²) in [5.41, 5.74) is 5.39. The van der Waals surface area contributed by atoms with Gasteiger partial charge in [-0.05, 0) is 23.8 Å². The van der Waals surface area contributed by atoms with Crippen LogP contribution in [-0.2, 0) is 0 Å². The van der Waals surface area contributed by atoms with Crippen molar-refractivity contribution in [3.63, 3.8) is 0 Å². The molecule has 4 aromatic rings. The van der Waals surface area contributed by atoms with Crippen LogP contribution >= 0.6 is 11.6 Å². The average Bonchev–Trinajstić information content (AvgIpc) is 3.34. The van der Waals surface area contributed by atoms with Gasteiger partial charge in [-0.15, -0.1) is 0 Å². The Morgan fingerprint density at radius 3 is 2.77 bits per heavy atom. The Labute approximate surface area is 177 Å². The van der Waals surface area contributed by atoms with E-state index in [-0.39, 0.29) is 12.1 Å². The number of imidazole rings is 1. The standard InChI is InChI=1S/C22H17ClN6O/c23-18-9-15(10-26-21(18)14-5-7-24-8-6-14)28-22(30)27-12-20-17-4-2-1-3-16(17)19-11-25-13-29(19)20/h1-11,13,20H,12H2,(H2,27,28,30). The van der Waals surface area contributed by atoms with Crippen molar-refractivity contribution in [1.29, 1.82) is 0 Å². The topological polar surface area (TPSA) is 84.7 Å². The molecule has 8 heteroatoms. The quantitative estimate of drug-likeness (QED) is 0.517. The maximum atomic E-state index is 12.5. The molecule has 0 fully saturated rings. The highest BCUT2D eigenvalue weighted by Crippen LogP contribution is 2.38. The minimum Gasteiger partial charge on any atom is -0.335 e. The summed E-state index contributed by atoms with van der Waals surface area (Å²) in [6.07, 6.45) is 8.58. The molecule has 1 aliphatic rings. The number of rotatable bonds is 4. The van der Waals surface area contributed by atoms with Gasteiger partial charge in [0.1, 0.15) is 0 Å². The molecule has 0 aliphatic carbocycles. The van der Waals surface area contributed by atoms with Crippen LogP contribution in [0.3, 0.4) is 0 Å². The van der Waals surface area contributed by atoms with Crippen LogP contribution in [0.25, 0.3) is 22.5 Å². The monoisotopic (exact) mass is 416 g/mol. The minimum atomic E-state index is -0.324. The first-order valence-electron chi connectivity index (χ1n) is 9.42. The number of hydrogen-bond donors (Lipinski definition) is 2. The molecule has 1 atom stereocenters. The number of fused-ring (bicyclic) bond motifs is 3. The Morgan fingerprint density at radius 2 is 1.93 bits per heavy atom. The molecule has 4 heterocycles. The second-order valence-electron chi connectivity index (χ2n) is 6.91. The molecule has 2 amide bonds. The Bertz CT molecular complexity index is 1220.